The van der Waals surface area contributed by atoms with Crippen LogP contribution in [-0.2, 0) is 6.18 Å². The fraction of sp³-hybridized carbons (Fsp3) is 0.292. The average molecular weight is 456 g/mol. The van der Waals surface area contributed by atoms with Crippen molar-refractivity contribution in [3.8, 4) is 5.69 Å². The van der Waals surface area contributed by atoms with E-state index >= 15 is 0 Å². The van der Waals surface area contributed by atoms with Gasteiger partial charge in [0.05, 0.1) is 52.4 Å². The number of carbonyl (C=O) groups is 1. The van der Waals surface area contributed by atoms with Crippen LogP contribution in [0, 0.1) is 13.8 Å². The van der Waals surface area contributed by atoms with Crippen LogP contribution in [-0.4, -0.2) is 31.9 Å². The maximum Gasteiger partial charge on any atom is 0.416 e. The molecule has 0 saturated carbocycles. The number of benzene rings is 1. The maximum atomic E-state index is 12.8. The van der Waals surface area contributed by atoms with E-state index in [0.717, 1.165) is 35.4 Å². The number of aromatic nitrogens is 3. The van der Waals surface area contributed by atoms with Gasteiger partial charge in [0.2, 0.25) is 0 Å². The van der Waals surface area contributed by atoms with E-state index < -0.39 is 11.7 Å². The van der Waals surface area contributed by atoms with Crippen molar-refractivity contribution in [2.75, 3.05) is 5.32 Å². The SMILES string of the molecule is Cc1cc(NC(=O)c2cnn(-c3ccc(C(F)(F)F)cc3)c2C)cnc1C1=CCC(O)CC1. The van der Waals surface area contributed by atoms with Crippen molar-refractivity contribution in [2.45, 2.75) is 45.4 Å². The molecule has 0 spiro atoms. The van der Waals surface area contributed by atoms with Crippen molar-refractivity contribution < 1.29 is 23.1 Å². The number of anilines is 1. The van der Waals surface area contributed by atoms with Crippen LogP contribution in [0.1, 0.15) is 52.1 Å². The van der Waals surface area contributed by atoms with Gasteiger partial charge >= 0.3 is 6.18 Å². The van der Waals surface area contributed by atoms with Crippen molar-refractivity contribution in [1.82, 2.24) is 14.8 Å². The van der Waals surface area contributed by atoms with E-state index in [1.54, 1.807) is 13.1 Å². The second-order valence-electron chi connectivity index (χ2n) is 8.10. The number of pyridine rings is 1. The molecule has 1 atom stereocenters. The Bertz CT molecular complexity index is 1210. The molecule has 1 unspecified atom stereocenters. The number of alkyl halides is 3. The standard InChI is InChI=1S/C24H23F3N4O2/c1-14-11-18(12-28-22(14)16-3-9-20(32)10-4-16)30-23(33)21-13-29-31(15(21)2)19-7-5-17(6-8-19)24(25,26)27/h3,5-8,11-13,20,32H,4,9-10H2,1-2H3,(H,30,33). The molecule has 3 aromatic rings. The summed E-state index contributed by atoms with van der Waals surface area (Å²) in [6.45, 7) is 3.59. The van der Waals surface area contributed by atoms with Gasteiger partial charge in [0.15, 0.2) is 0 Å². The highest BCUT2D eigenvalue weighted by Crippen LogP contribution is 2.30. The van der Waals surface area contributed by atoms with Gasteiger partial charge in [0.1, 0.15) is 0 Å². The first-order valence-electron chi connectivity index (χ1n) is 10.5. The lowest BCUT2D eigenvalue weighted by molar-refractivity contribution is -0.137. The number of nitrogens with zero attached hydrogens (tertiary/aromatic N) is 3. The summed E-state index contributed by atoms with van der Waals surface area (Å²) in [6.07, 6.45) is 2.31. The predicted molar refractivity (Wildman–Crippen MR) is 118 cm³/mol. The highest BCUT2D eigenvalue weighted by molar-refractivity contribution is 6.05. The van der Waals surface area contributed by atoms with Gasteiger partial charge in [-0.1, -0.05) is 6.08 Å². The molecule has 1 amide bonds. The van der Waals surface area contributed by atoms with E-state index in [2.05, 4.69) is 15.4 Å². The van der Waals surface area contributed by atoms with Crippen LogP contribution in [0.2, 0.25) is 0 Å². The van der Waals surface area contributed by atoms with Crippen LogP contribution in [0.5, 0.6) is 0 Å². The summed E-state index contributed by atoms with van der Waals surface area (Å²) in [4.78, 5) is 17.3. The van der Waals surface area contributed by atoms with Crippen LogP contribution in [0.15, 0.2) is 48.8 Å². The number of rotatable bonds is 4. The third-order valence-electron chi connectivity index (χ3n) is 5.72. The van der Waals surface area contributed by atoms with Crippen LogP contribution in [0.3, 0.4) is 0 Å². The van der Waals surface area contributed by atoms with Crippen LogP contribution < -0.4 is 5.32 Å². The lowest BCUT2D eigenvalue weighted by atomic mass is 9.93. The van der Waals surface area contributed by atoms with Gasteiger partial charge in [-0.25, -0.2) is 4.68 Å². The Hall–Kier alpha value is -3.46. The van der Waals surface area contributed by atoms with Crippen LogP contribution in [0.4, 0.5) is 18.9 Å². The van der Waals surface area contributed by atoms with Gasteiger partial charge < -0.3 is 10.4 Å². The summed E-state index contributed by atoms with van der Waals surface area (Å²) in [5.74, 6) is -0.389. The summed E-state index contributed by atoms with van der Waals surface area (Å²) < 4.78 is 39.8. The first kappa shape index (κ1) is 22.7. The minimum absolute atomic E-state index is 0.306. The summed E-state index contributed by atoms with van der Waals surface area (Å²) in [5.41, 5.74) is 3.86. The minimum Gasteiger partial charge on any atom is -0.393 e. The van der Waals surface area contributed by atoms with Crippen molar-refractivity contribution in [1.29, 1.82) is 0 Å². The molecule has 2 aromatic heterocycles. The highest BCUT2D eigenvalue weighted by Gasteiger charge is 2.30. The molecule has 172 valence electrons. The fourth-order valence-corrected chi connectivity index (χ4v) is 3.90. The van der Waals surface area contributed by atoms with Crippen molar-refractivity contribution in [2.24, 2.45) is 0 Å². The molecule has 1 aromatic carbocycles. The second-order valence-corrected chi connectivity index (χ2v) is 8.10. The molecule has 0 fully saturated rings. The Labute approximate surface area is 188 Å². The first-order chi connectivity index (χ1) is 15.6. The predicted octanol–water partition coefficient (Wildman–Crippen LogP) is 5.08. The number of allylic oxidation sites excluding steroid dienone is 1. The molecular formula is C24H23F3N4O2. The molecule has 0 aliphatic heterocycles. The van der Waals surface area contributed by atoms with Crippen LogP contribution in [0.25, 0.3) is 11.3 Å². The number of hydrogen-bond acceptors (Lipinski definition) is 4. The molecule has 0 saturated heterocycles. The lowest BCUT2D eigenvalue weighted by Crippen LogP contribution is -2.14. The summed E-state index contributed by atoms with van der Waals surface area (Å²) >= 11 is 0. The van der Waals surface area contributed by atoms with Crippen LogP contribution >= 0.6 is 0 Å². The van der Waals surface area contributed by atoms with Gasteiger partial charge in [-0.2, -0.15) is 18.3 Å². The number of nitrogens with one attached hydrogen (secondary N) is 1. The smallest absolute Gasteiger partial charge is 0.393 e. The zero-order chi connectivity index (χ0) is 23.8. The molecule has 1 aliphatic rings. The maximum absolute atomic E-state index is 12.8. The number of amides is 1. The first-order valence-corrected chi connectivity index (χ1v) is 10.5. The van der Waals surface area contributed by atoms with E-state index in [1.807, 2.05) is 19.1 Å². The fourth-order valence-electron chi connectivity index (χ4n) is 3.90. The Morgan fingerprint density at radius 3 is 2.52 bits per heavy atom. The van der Waals surface area contributed by atoms with Crippen molar-refractivity contribution in [3.05, 3.63) is 76.9 Å². The van der Waals surface area contributed by atoms with Gasteiger partial charge in [-0.3, -0.25) is 9.78 Å². The largest absolute Gasteiger partial charge is 0.416 e. The molecular weight excluding hydrogens is 433 g/mol. The van der Waals surface area contributed by atoms with E-state index in [9.17, 15) is 23.1 Å². The van der Waals surface area contributed by atoms with E-state index in [-0.39, 0.29) is 12.0 Å². The molecule has 2 heterocycles. The van der Waals surface area contributed by atoms with E-state index in [1.165, 1.54) is 23.0 Å². The van der Waals surface area contributed by atoms with Crippen molar-refractivity contribution >= 4 is 17.2 Å². The molecule has 33 heavy (non-hydrogen) atoms. The van der Waals surface area contributed by atoms with Gasteiger partial charge in [0, 0.05) is 0 Å². The Morgan fingerprint density at radius 2 is 1.91 bits per heavy atom. The molecule has 0 radical (unpaired) electrons. The van der Waals surface area contributed by atoms with Gasteiger partial charge in [-0.15, -0.1) is 0 Å². The molecule has 2 N–H and O–H groups in total. The Balaban J connectivity index is 1.50. The Kier molecular flexibility index (Phi) is 6.07. The zero-order valence-electron chi connectivity index (χ0n) is 18.1. The molecule has 4 rings (SSSR count). The van der Waals surface area contributed by atoms with E-state index in [0.29, 0.717) is 35.5 Å². The van der Waals surface area contributed by atoms with E-state index in [4.69, 9.17) is 0 Å². The zero-order valence-corrected chi connectivity index (χ0v) is 18.1. The summed E-state index contributed by atoms with van der Waals surface area (Å²) in [6, 6.07) is 6.43. The normalized spacial score (nSPS) is 16.4. The molecule has 9 heteroatoms. The minimum atomic E-state index is -4.42. The van der Waals surface area contributed by atoms with Gasteiger partial charge in [-0.05, 0) is 74.6 Å². The Morgan fingerprint density at radius 1 is 1.18 bits per heavy atom. The summed E-state index contributed by atoms with van der Waals surface area (Å²) in [5, 5.41) is 16.6. The highest BCUT2D eigenvalue weighted by atomic mass is 19.4. The third-order valence-corrected chi connectivity index (χ3v) is 5.72. The molecule has 1 aliphatic carbocycles. The number of aryl methyl sites for hydroxylation is 1. The molecule has 6 nitrogen and oxygen atoms in total. The number of halogens is 3. The number of aliphatic hydroxyl groups excluding tert-OH is 1. The number of aliphatic hydroxyl groups is 1. The number of carbonyl (C=O) groups excluding carboxylic acids is 1. The summed E-state index contributed by atoms with van der Waals surface area (Å²) in [7, 11) is 0. The lowest BCUT2D eigenvalue weighted by Gasteiger charge is -2.18. The monoisotopic (exact) mass is 456 g/mol. The van der Waals surface area contributed by atoms with Crippen molar-refractivity contribution in [3.63, 3.8) is 0 Å². The van der Waals surface area contributed by atoms with Gasteiger partial charge in [0.25, 0.3) is 5.91 Å². The quantitative estimate of drug-likeness (QED) is 0.574. The number of hydrogen-bond donors (Lipinski definition) is 2. The second kappa shape index (κ2) is 8.82. The molecule has 0 bridgehead atoms. The average Bonchev–Trinajstić information content (AvgIpc) is 3.15. The third kappa shape index (κ3) is 4.83. The topological polar surface area (TPSA) is 80.0 Å².